The van der Waals surface area contributed by atoms with Crippen LogP contribution in [0.25, 0.3) is 0 Å². The Labute approximate surface area is 307 Å². The number of nitrogens with zero attached hydrogens (tertiary/aromatic N) is 2. The Morgan fingerprint density at radius 3 is 1.32 bits per heavy atom. The molecule has 266 valence electrons. The number of pyridine rings is 2. The van der Waals surface area contributed by atoms with Gasteiger partial charge in [-0.3, -0.25) is 9.97 Å². The molecule has 2 aromatic heterocycles. The van der Waals surface area contributed by atoms with Gasteiger partial charge in [0, 0.05) is 24.8 Å². The summed E-state index contributed by atoms with van der Waals surface area (Å²) in [5.74, 6) is 6.00. The molecule has 0 spiro atoms. The minimum Gasteiger partial charge on any atom is -0.264 e. The summed E-state index contributed by atoms with van der Waals surface area (Å²) >= 11 is 0. The maximum absolute atomic E-state index is 4.74. The molecule has 2 heterocycles. The van der Waals surface area contributed by atoms with Gasteiger partial charge in [-0.15, -0.1) is 9.24 Å². The maximum atomic E-state index is 4.74. The summed E-state index contributed by atoms with van der Waals surface area (Å²) in [5, 5.41) is 0.742. The van der Waals surface area contributed by atoms with E-state index in [0.29, 0.717) is 10.3 Å². The van der Waals surface area contributed by atoms with Crippen molar-refractivity contribution in [3.8, 4) is 0 Å². The minimum atomic E-state index is -0.432. The zero-order chi connectivity index (χ0) is 34.7. The third-order valence-corrected chi connectivity index (χ3v) is 20.0. The Hall–Kier alpha value is -1.62. The van der Waals surface area contributed by atoms with Crippen LogP contribution in [0.5, 0.6) is 0 Å². The van der Waals surface area contributed by atoms with E-state index in [1.165, 1.54) is 28.4 Å². The van der Waals surface area contributed by atoms with Crippen LogP contribution in [0.15, 0.2) is 61.2 Å². The van der Waals surface area contributed by atoms with Crippen molar-refractivity contribution in [2.75, 3.05) is 0 Å². The molecular formula is C46H62N2P2. The fourth-order valence-electron chi connectivity index (χ4n) is 13.9. The van der Waals surface area contributed by atoms with Crippen LogP contribution in [-0.4, -0.2) is 20.3 Å². The first-order valence-corrected chi connectivity index (χ1v) is 22.4. The zero-order valence-corrected chi connectivity index (χ0v) is 33.9. The molecule has 0 aliphatic heterocycles. The molecule has 8 aliphatic rings. The number of hydrogen-bond acceptors (Lipinski definition) is 2. The molecule has 8 bridgehead atoms. The van der Waals surface area contributed by atoms with Crippen molar-refractivity contribution < 1.29 is 0 Å². The standard InChI is InChI=1S/C46H62N2P2/c1-42(2,3)40-19-36(39(20-41(40)43(4,5)6)46(49,37-9-7-11-47-27-37)38-10-8-12-48-28-38)29-50(44-21-30-13-31(22-44)15-32(14-30)23-44)45-24-33-16-34(25-45)18-35(17-33)26-45/h7-12,19-20,27-28,30-35H,13-18,21-26,29,49H2,1-6H3. The van der Waals surface area contributed by atoms with Crippen LogP contribution in [0.1, 0.15) is 152 Å². The summed E-state index contributed by atoms with van der Waals surface area (Å²) in [6.07, 6.45) is 27.9. The predicted octanol–water partition coefficient (Wildman–Crippen LogP) is 12.2. The Morgan fingerprint density at radius 1 is 0.600 bits per heavy atom. The topological polar surface area (TPSA) is 25.8 Å². The van der Waals surface area contributed by atoms with Crippen LogP contribution in [0.2, 0.25) is 0 Å². The summed E-state index contributed by atoms with van der Waals surface area (Å²) in [6.45, 7) is 14.7. The zero-order valence-electron chi connectivity index (χ0n) is 31.8. The van der Waals surface area contributed by atoms with Crippen molar-refractivity contribution in [3.05, 3.63) is 94.6 Å². The lowest BCUT2D eigenvalue weighted by molar-refractivity contribution is 0.0184. The van der Waals surface area contributed by atoms with Crippen molar-refractivity contribution >= 4 is 17.2 Å². The largest absolute Gasteiger partial charge is 0.264 e. The van der Waals surface area contributed by atoms with Crippen molar-refractivity contribution in [1.82, 2.24) is 9.97 Å². The quantitative estimate of drug-likeness (QED) is 0.229. The van der Waals surface area contributed by atoms with Gasteiger partial charge in [0.2, 0.25) is 0 Å². The second-order valence-corrected chi connectivity index (χ2v) is 24.7. The van der Waals surface area contributed by atoms with Crippen molar-refractivity contribution in [2.24, 2.45) is 35.5 Å². The van der Waals surface area contributed by atoms with Gasteiger partial charge in [-0.05, 0) is 185 Å². The number of aromatic nitrogens is 2. The highest BCUT2D eigenvalue weighted by Gasteiger charge is 2.62. The van der Waals surface area contributed by atoms with Gasteiger partial charge in [0.05, 0.1) is 5.16 Å². The molecule has 1 unspecified atom stereocenters. The van der Waals surface area contributed by atoms with E-state index in [0.717, 1.165) is 35.5 Å². The Kier molecular flexibility index (Phi) is 8.16. The minimum absolute atomic E-state index is 0.0237. The summed E-state index contributed by atoms with van der Waals surface area (Å²) in [7, 11) is 3.21. The lowest BCUT2D eigenvalue weighted by atomic mass is 9.55. The average molecular weight is 705 g/mol. The lowest BCUT2D eigenvalue weighted by Gasteiger charge is -2.67. The molecular weight excluding hydrogens is 642 g/mol. The SMILES string of the molecule is CC(C)(C)c1cc(CP(C23CC4CC(CC(C4)C2)C3)C23CC4CC(CC(C4)C2)C3)c(C(P)(c2cccnc2)c2cccnc2)cc1C(C)(C)C. The molecule has 11 rings (SSSR count). The summed E-state index contributed by atoms with van der Waals surface area (Å²) in [5.41, 5.74) is 8.76. The number of rotatable bonds is 7. The molecule has 1 atom stereocenters. The van der Waals surface area contributed by atoms with Crippen LogP contribution in [0.3, 0.4) is 0 Å². The third kappa shape index (κ3) is 5.62. The van der Waals surface area contributed by atoms with E-state index in [-0.39, 0.29) is 18.8 Å². The summed E-state index contributed by atoms with van der Waals surface area (Å²) in [4.78, 5) is 9.49. The van der Waals surface area contributed by atoms with E-state index in [1.807, 2.05) is 12.4 Å². The van der Waals surface area contributed by atoms with E-state index < -0.39 is 5.16 Å². The van der Waals surface area contributed by atoms with Gasteiger partial charge in [0.15, 0.2) is 0 Å². The molecule has 8 saturated carbocycles. The van der Waals surface area contributed by atoms with Crippen LogP contribution in [0, 0.1) is 35.5 Å². The molecule has 1 aromatic carbocycles. The highest BCUT2D eigenvalue weighted by atomic mass is 31.1. The van der Waals surface area contributed by atoms with Gasteiger partial charge < -0.3 is 0 Å². The first-order chi connectivity index (χ1) is 23.7. The average Bonchev–Trinajstić information content (AvgIpc) is 3.05. The molecule has 0 N–H and O–H groups in total. The predicted molar refractivity (Wildman–Crippen MR) is 214 cm³/mol. The molecule has 0 amide bonds. The summed E-state index contributed by atoms with van der Waals surface area (Å²) < 4.78 is 0. The van der Waals surface area contributed by atoms with Gasteiger partial charge in [-0.1, -0.05) is 73.7 Å². The molecule has 8 aliphatic carbocycles. The van der Waals surface area contributed by atoms with E-state index in [2.05, 4.69) is 99.6 Å². The fourth-order valence-corrected chi connectivity index (χ4v) is 19.6. The third-order valence-electron chi connectivity index (χ3n) is 15.0. The van der Waals surface area contributed by atoms with E-state index in [1.54, 1.807) is 88.2 Å². The van der Waals surface area contributed by atoms with E-state index in [4.69, 9.17) is 9.97 Å². The second kappa shape index (κ2) is 11.9. The first-order valence-electron chi connectivity index (χ1n) is 20.3. The van der Waals surface area contributed by atoms with Crippen molar-refractivity contribution in [2.45, 2.75) is 151 Å². The molecule has 8 fully saturated rings. The van der Waals surface area contributed by atoms with Crippen LogP contribution < -0.4 is 0 Å². The molecule has 2 nitrogen and oxygen atoms in total. The van der Waals surface area contributed by atoms with Gasteiger partial charge in [-0.25, -0.2) is 0 Å². The Morgan fingerprint density at radius 2 is 0.980 bits per heavy atom. The molecule has 0 saturated heterocycles. The van der Waals surface area contributed by atoms with Gasteiger partial charge in [-0.2, -0.15) is 0 Å². The van der Waals surface area contributed by atoms with Gasteiger partial charge >= 0.3 is 0 Å². The van der Waals surface area contributed by atoms with Gasteiger partial charge in [0.25, 0.3) is 0 Å². The monoisotopic (exact) mass is 704 g/mol. The normalized spacial score (nSPS) is 35.1. The van der Waals surface area contributed by atoms with Crippen molar-refractivity contribution in [1.29, 1.82) is 0 Å². The summed E-state index contributed by atoms with van der Waals surface area (Å²) in [6, 6.07) is 14.4. The molecule has 4 heteroatoms. The maximum Gasteiger partial charge on any atom is 0.0624 e. The van der Waals surface area contributed by atoms with Crippen LogP contribution >= 0.6 is 17.2 Å². The number of benzene rings is 1. The Bertz CT molecular complexity index is 1580. The van der Waals surface area contributed by atoms with Gasteiger partial charge in [0.1, 0.15) is 0 Å². The first kappa shape index (κ1) is 34.2. The van der Waals surface area contributed by atoms with Crippen LogP contribution in [0.4, 0.5) is 0 Å². The Balaban J connectivity index is 1.29. The van der Waals surface area contributed by atoms with Crippen molar-refractivity contribution in [3.63, 3.8) is 0 Å². The fraction of sp³-hybridized carbons (Fsp3) is 0.652. The molecule has 50 heavy (non-hydrogen) atoms. The smallest absolute Gasteiger partial charge is 0.0624 e. The molecule has 3 aromatic rings. The lowest BCUT2D eigenvalue weighted by Crippen LogP contribution is -2.56. The molecule has 0 radical (unpaired) electrons. The van der Waals surface area contributed by atoms with E-state index >= 15 is 0 Å². The van der Waals surface area contributed by atoms with E-state index in [9.17, 15) is 0 Å². The highest BCUT2D eigenvalue weighted by molar-refractivity contribution is 7.60. The highest BCUT2D eigenvalue weighted by Crippen LogP contribution is 2.80. The second-order valence-electron chi connectivity index (χ2n) is 20.7. The number of hydrogen-bond donors (Lipinski definition) is 0. The van der Waals surface area contributed by atoms with Crippen LogP contribution in [-0.2, 0) is 22.1 Å².